The summed E-state index contributed by atoms with van der Waals surface area (Å²) in [4.78, 5) is 24.0. The minimum absolute atomic E-state index is 0.0251. The number of carbonyl (C=O) groups excluding carboxylic acids is 1. The molecule has 0 aliphatic carbocycles. The third-order valence-electron chi connectivity index (χ3n) is 3.67. The largest absolute Gasteiger partial charge is 0.349 e. The normalized spacial score (nSPS) is 12.2. The number of rotatable bonds is 6. The molecule has 0 bridgehead atoms. The molecule has 122 valence electrons. The highest BCUT2D eigenvalue weighted by Crippen LogP contribution is 2.21. The van der Waals surface area contributed by atoms with E-state index in [2.05, 4.69) is 35.1 Å². The Kier molecular flexibility index (Phi) is 6.16. The van der Waals surface area contributed by atoms with Crippen LogP contribution in [0.5, 0.6) is 0 Å². The SMILES string of the molecule is CC(C)C(NC(=O)CCn1cc(Br)ccc1=O)c1ccccc1. The maximum absolute atomic E-state index is 12.3. The standard InChI is InChI=1S/C18H21BrN2O2/c1-13(2)18(14-6-4-3-5-7-14)20-16(22)10-11-21-12-15(19)8-9-17(21)23/h3-9,12-13,18H,10-11H2,1-2H3,(H,20,22). The van der Waals surface area contributed by atoms with E-state index in [1.807, 2.05) is 30.3 Å². The lowest BCUT2D eigenvalue weighted by molar-refractivity contribution is -0.122. The van der Waals surface area contributed by atoms with Crippen molar-refractivity contribution in [2.45, 2.75) is 32.9 Å². The van der Waals surface area contributed by atoms with Gasteiger partial charge in [-0.05, 0) is 33.5 Å². The van der Waals surface area contributed by atoms with Crippen molar-refractivity contribution in [1.29, 1.82) is 0 Å². The Labute approximate surface area is 144 Å². The Morgan fingerprint density at radius 1 is 1.17 bits per heavy atom. The molecule has 0 fully saturated rings. The van der Waals surface area contributed by atoms with Gasteiger partial charge in [0.2, 0.25) is 5.91 Å². The molecule has 1 aromatic carbocycles. The summed E-state index contributed by atoms with van der Waals surface area (Å²) in [5, 5.41) is 3.07. The number of hydrogen-bond donors (Lipinski definition) is 1. The van der Waals surface area contributed by atoms with Gasteiger partial charge in [0, 0.05) is 29.7 Å². The molecule has 0 saturated carbocycles. The Hall–Kier alpha value is -1.88. The zero-order valence-corrected chi connectivity index (χ0v) is 14.9. The van der Waals surface area contributed by atoms with E-state index in [9.17, 15) is 9.59 Å². The first-order valence-corrected chi connectivity index (χ1v) is 8.47. The second-order valence-corrected chi connectivity index (χ2v) is 6.74. The van der Waals surface area contributed by atoms with Gasteiger partial charge in [-0.2, -0.15) is 0 Å². The minimum atomic E-state index is -0.107. The topological polar surface area (TPSA) is 51.1 Å². The summed E-state index contributed by atoms with van der Waals surface area (Å²) in [5.41, 5.74) is 0.986. The average Bonchev–Trinajstić information content (AvgIpc) is 2.54. The molecule has 1 aromatic heterocycles. The number of benzene rings is 1. The van der Waals surface area contributed by atoms with E-state index < -0.39 is 0 Å². The second-order valence-electron chi connectivity index (χ2n) is 5.83. The summed E-state index contributed by atoms with van der Waals surface area (Å²) in [7, 11) is 0. The summed E-state index contributed by atoms with van der Waals surface area (Å²) in [6.45, 7) is 4.53. The molecule has 1 N–H and O–H groups in total. The predicted molar refractivity (Wildman–Crippen MR) is 95.2 cm³/mol. The van der Waals surface area contributed by atoms with Gasteiger partial charge in [0.05, 0.1) is 6.04 Å². The molecule has 1 unspecified atom stereocenters. The first kappa shape index (κ1) is 17.5. The molecule has 0 aliphatic heterocycles. The lowest BCUT2D eigenvalue weighted by Gasteiger charge is -2.23. The van der Waals surface area contributed by atoms with Crippen LogP contribution >= 0.6 is 15.9 Å². The summed E-state index contributed by atoms with van der Waals surface area (Å²) in [6, 6.07) is 13.1. The molecule has 5 heteroatoms. The van der Waals surface area contributed by atoms with E-state index in [1.54, 1.807) is 12.3 Å². The van der Waals surface area contributed by atoms with Crippen LogP contribution in [0.15, 0.2) is 57.9 Å². The number of pyridine rings is 1. The fourth-order valence-electron chi connectivity index (χ4n) is 2.44. The smallest absolute Gasteiger partial charge is 0.250 e. The molecule has 0 saturated heterocycles. The molecule has 2 aromatic rings. The van der Waals surface area contributed by atoms with E-state index in [4.69, 9.17) is 0 Å². The van der Waals surface area contributed by atoms with Crippen LogP contribution in [0.25, 0.3) is 0 Å². The number of aromatic nitrogens is 1. The zero-order chi connectivity index (χ0) is 16.8. The molecule has 0 spiro atoms. The zero-order valence-electron chi connectivity index (χ0n) is 13.3. The van der Waals surface area contributed by atoms with Gasteiger partial charge in [-0.1, -0.05) is 44.2 Å². The van der Waals surface area contributed by atoms with E-state index in [1.165, 1.54) is 10.6 Å². The van der Waals surface area contributed by atoms with Crippen molar-refractivity contribution >= 4 is 21.8 Å². The van der Waals surface area contributed by atoms with Gasteiger partial charge in [-0.3, -0.25) is 9.59 Å². The van der Waals surface area contributed by atoms with E-state index in [0.717, 1.165) is 10.0 Å². The Balaban J connectivity index is 2.00. The van der Waals surface area contributed by atoms with Crippen molar-refractivity contribution in [3.05, 3.63) is 69.1 Å². The van der Waals surface area contributed by atoms with Crippen LogP contribution < -0.4 is 10.9 Å². The third kappa shape index (κ3) is 5.06. The highest BCUT2D eigenvalue weighted by Gasteiger charge is 2.17. The van der Waals surface area contributed by atoms with Crippen molar-refractivity contribution < 1.29 is 4.79 Å². The molecule has 1 atom stereocenters. The van der Waals surface area contributed by atoms with Crippen LogP contribution in [-0.2, 0) is 11.3 Å². The van der Waals surface area contributed by atoms with Crippen LogP contribution in [0.1, 0.15) is 31.9 Å². The molecule has 4 nitrogen and oxygen atoms in total. The lowest BCUT2D eigenvalue weighted by atomic mass is 9.96. The van der Waals surface area contributed by atoms with Crippen molar-refractivity contribution in [3.8, 4) is 0 Å². The van der Waals surface area contributed by atoms with Gasteiger partial charge < -0.3 is 9.88 Å². The Bertz CT molecular complexity index is 710. The van der Waals surface area contributed by atoms with Crippen LogP contribution in [-0.4, -0.2) is 10.5 Å². The fraction of sp³-hybridized carbons (Fsp3) is 0.333. The molecule has 0 aliphatic rings. The van der Waals surface area contributed by atoms with Gasteiger partial charge in [-0.15, -0.1) is 0 Å². The maximum atomic E-state index is 12.3. The Morgan fingerprint density at radius 2 is 1.87 bits per heavy atom. The van der Waals surface area contributed by atoms with E-state index >= 15 is 0 Å². The second kappa shape index (κ2) is 8.11. The number of halogens is 1. The minimum Gasteiger partial charge on any atom is -0.349 e. The fourth-order valence-corrected chi connectivity index (χ4v) is 2.82. The number of aryl methyl sites for hydroxylation is 1. The molecular weight excluding hydrogens is 356 g/mol. The van der Waals surface area contributed by atoms with Crippen molar-refractivity contribution in [2.24, 2.45) is 5.92 Å². The predicted octanol–water partition coefficient (Wildman–Crippen LogP) is 3.51. The van der Waals surface area contributed by atoms with Gasteiger partial charge in [-0.25, -0.2) is 0 Å². The quantitative estimate of drug-likeness (QED) is 0.838. The van der Waals surface area contributed by atoms with Gasteiger partial charge >= 0.3 is 0 Å². The monoisotopic (exact) mass is 376 g/mol. The number of amides is 1. The van der Waals surface area contributed by atoms with Gasteiger partial charge in [0.1, 0.15) is 0 Å². The summed E-state index contributed by atoms with van der Waals surface area (Å²) < 4.78 is 2.36. The van der Waals surface area contributed by atoms with E-state index in [0.29, 0.717) is 6.54 Å². The average molecular weight is 377 g/mol. The van der Waals surface area contributed by atoms with Crippen LogP contribution in [0.4, 0.5) is 0 Å². The summed E-state index contributed by atoms with van der Waals surface area (Å²) in [6.07, 6.45) is 1.97. The van der Waals surface area contributed by atoms with Crippen LogP contribution in [0, 0.1) is 5.92 Å². The van der Waals surface area contributed by atoms with E-state index in [-0.39, 0.29) is 29.8 Å². The highest BCUT2D eigenvalue weighted by molar-refractivity contribution is 9.10. The summed E-state index contributed by atoms with van der Waals surface area (Å²) >= 11 is 3.33. The maximum Gasteiger partial charge on any atom is 0.250 e. The molecule has 23 heavy (non-hydrogen) atoms. The van der Waals surface area contributed by atoms with Crippen LogP contribution in [0.3, 0.4) is 0 Å². The number of hydrogen-bond acceptors (Lipinski definition) is 2. The lowest BCUT2D eigenvalue weighted by Crippen LogP contribution is -2.33. The van der Waals surface area contributed by atoms with Crippen LogP contribution in [0.2, 0.25) is 0 Å². The Morgan fingerprint density at radius 3 is 2.52 bits per heavy atom. The van der Waals surface area contributed by atoms with Gasteiger partial charge in [0.25, 0.3) is 5.56 Å². The highest BCUT2D eigenvalue weighted by atomic mass is 79.9. The molecule has 1 heterocycles. The number of carbonyl (C=O) groups is 1. The van der Waals surface area contributed by atoms with Crippen molar-refractivity contribution in [2.75, 3.05) is 0 Å². The first-order chi connectivity index (χ1) is 11.0. The molecule has 2 rings (SSSR count). The molecule has 0 radical (unpaired) electrons. The third-order valence-corrected chi connectivity index (χ3v) is 4.14. The molecule has 1 amide bonds. The van der Waals surface area contributed by atoms with Crippen molar-refractivity contribution in [1.82, 2.24) is 9.88 Å². The van der Waals surface area contributed by atoms with Crippen molar-refractivity contribution in [3.63, 3.8) is 0 Å². The number of nitrogens with one attached hydrogen (secondary N) is 1. The molecular formula is C18H21BrN2O2. The van der Waals surface area contributed by atoms with Gasteiger partial charge in [0.15, 0.2) is 0 Å². The first-order valence-electron chi connectivity index (χ1n) is 7.67. The summed E-state index contributed by atoms with van der Waals surface area (Å²) in [5.74, 6) is 0.231. The number of nitrogens with zero attached hydrogens (tertiary/aromatic N) is 1.